The Morgan fingerprint density at radius 1 is 1.28 bits per heavy atom. The van der Waals surface area contributed by atoms with Gasteiger partial charge >= 0.3 is 0 Å². The van der Waals surface area contributed by atoms with Crippen LogP contribution in [0.2, 0.25) is 0 Å². The van der Waals surface area contributed by atoms with E-state index < -0.39 is 7.14 Å². The van der Waals surface area contributed by atoms with E-state index in [-0.39, 0.29) is 0 Å². The molecule has 5 heteroatoms. The summed E-state index contributed by atoms with van der Waals surface area (Å²) < 4.78 is 13.5. The topological polar surface area (TPSA) is 47.8 Å². The van der Waals surface area contributed by atoms with Crippen molar-refractivity contribution in [3.63, 3.8) is 0 Å². The molecule has 0 aliphatic rings. The van der Waals surface area contributed by atoms with Gasteiger partial charge in [-0.2, -0.15) is 0 Å². The summed E-state index contributed by atoms with van der Waals surface area (Å²) in [5, 5.41) is 8.21. The third kappa shape index (κ3) is 3.08. The van der Waals surface area contributed by atoms with Crippen molar-refractivity contribution in [1.29, 1.82) is 0 Å². The van der Waals surface area contributed by atoms with E-state index in [0.717, 1.165) is 16.9 Å². The predicted octanol–water partition coefficient (Wildman–Crippen LogP) is 3.01. The Labute approximate surface area is 107 Å². The molecule has 0 spiro atoms. The molecule has 0 atom stereocenters. The number of nitrogens with zero attached hydrogens (tertiary/aromatic N) is 3. The van der Waals surface area contributed by atoms with Crippen LogP contribution in [0.5, 0.6) is 0 Å². The van der Waals surface area contributed by atoms with Gasteiger partial charge in [-0.3, -0.25) is 0 Å². The van der Waals surface area contributed by atoms with Gasteiger partial charge in [-0.25, -0.2) is 4.68 Å². The van der Waals surface area contributed by atoms with Crippen LogP contribution in [-0.4, -0.2) is 28.3 Å². The summed E-state index contributed by atoms with van der Waals surface area (Å²) in [5.41, 5.74) is 4.14. The summed E-state index contributed by atoms with van der Waals surface area (Å²) in [6.07, 6.45) is 2.36. The van der Waals surface area contributed by atoms with Crippen LogP contribution in [0, 0.1) is 13.8 Å². The van der Waals surface area contributed by atoms with Crippen molar-refractivity contribution in [2.45, 2.75) is 20.0 Å². The fourth-order valence-electron chi connectivity index (χ4n) is 1.84. The molecule has 1 heterocycles. The van der Waals surface area contributed by atoms with E-state index in [0.29, 0.717) is 6.16 Å². The van der Waals surface area contributed by atoms with Crippen molar-refractivity contribution in [1.82, 2.24) is 15.0 Å². The van der Waals surface area contributed by atoms with Gasteiger partial charge in [-0.05, 0) is 44.4 Å². The predicted molar refractivity (Wildman–Crippen MR) is 74.0 cm³/mol. The van der Waals surface area contributed by atoms with Crippen LogP contribution in [-0.2, 0) is 10.7 Å². The van der Waals surface area contributed by atoms with E-state index in [2.05, 4.69) is 28.5 Å². The van der Waals surface area contributed by atoms with E-state index in [4.69, 9.17) is 0 Å². The molecular formula is C13H18N3OP. The largest absolute Gasteiger partial charge is 0.324 e. The van der Waals surface area contributed by atoms with Crippen molar-refractivity contribution in [2.75, 3.05) is 13.3 Å². The number of rotatable bonds is 3. The first-order valence-electron chi connectivity index (χ1n) is 5.88. The van der Waals surface area contributed by atoms with Crippen molar-refractivity contribution in [2.24, 2.45) is 0 Å². The lowest BCUT2D eigenvalue weighted by Gasteiger charge is -2.05. The van der Waals surface area contributed by atoms with E-state index in [1.807, 2.05) is 20.0 Å². The van der Waals surface area contributed by atoms with Crippen LogP contribution in [0.3, 0.4) is 0 Å². The first-order chi connectivity index (χ1) is 8.35. The summed E-state index contributed by atoms with van der Waals surface area (Å²) in [6.45, 7) is 7.63. The Kier molecular flexibility index (Phi) is 3.40. The standard InChI is InChI=1S/C13H18N3OP/c1-10-5-6-11(2)13(7-10)16-8-12(14-15-16)9-18(3,4)17/h5-8H,9H2,1-4H3. The molecule has 96 valence electrons. The number of hydrogen-bond acceptors (Lipinski definition) is 3. The zero-order valence-electron chi connectivity index (χ0n) is 11.2. The van der Waals surface area contributed by atoms with Crippen LogP contribution in [0.1, 0.15) is 16.8 Å². The third-order valence-corrected chi connectivity index (χ3v) is 3.78. The fourth-order valence-corrected chi connectivity index (χ4v) is 2.77. The van der Waals surface area contributed by atoms with Crippen LogP contribution in [0.4, 0.5) is 0 Å². The summed E-state index contributed by atoms with van der Waals surface area (Å²) in [5.74, 6) is 0. The van der Waals surface area contributed by atoms with Crippen molar-refractivity contribution in [3.05, 3.63) is 41.2 Å². The molecule has 0 fully saturated rings. The SMILES string of the molecule is Cc1ccc(C)c(-n2cc(CP(C)(C)=O)nn2)c1. The summed E-state index contributed by atoms with van der Waals surface area (Å²) in [6, 6.07) is 6.21. The highest BCUT2D eigenvalue weighted by atomic mass is 31.2. The van der Waals surface area contributed by atoms with Crippen molar-refractivity contribution >= 4 is 7.14 Å². The molecule has 2 rings (SSSR count). The molecule has 2 aromatic rings. The molecular weight excluding hydrogens is 245 g/mol. The second-order valence-corrected chi connectivity index (χ2v) is 8.64. The minimum Gasteiger partial charge on any atom is -0.324 e. The molecule has 0 radical (unpaired) electrons. The Morgan fingerprint density at radius 2 is 2.00 bits per heavy atom. The van der Waals surface area contributed by atoms with Gasteiger partial charge in [0.2, 0.25) is 0 Å². The van der Waals surface area contributed by atoms with Gasteiger partial charge < -0.3 is 4.57 Å². The maximum atomic E-state index is 11.8. The zero-order chi connectivity index (χ0) is 13.3. The number of hydrogen-bond donors (Lipinski definition) is 0. The molecule has 0 aliphatic carbocycles. The Hall–Kier alpha value is -1.41. The number of aromatic nitrogens is 3. The van der Waals surface area contributed by atoms with Gasteiger partial charge in [-0.1, -0.05) is 17.3 Å². The van der Waals surface area contributed by atoms with Crippen LogP contribution < -0.4 is 0 Å². The third-order valence-electron chi connectivity index (χ3n) is 2.70. The van der Waals surface area contributed by atoms with Crippen LogP contribution in [0.25, 0.3) is 5.69 Å². The molecule has 4 nitrogen and oxygen atoms in total. The van der Waals surface area contributed by atoms with Gasteiger partial charge in [0.1, 0.15) is 0 Å². The monoisotopic (exact) mass is 263 g/mol. The van der Waals surface area contributed by atoms with Crippen molar-refractivity contribution in [3.8, 4) is 5.69 Å². The molecule has 0 aliphatic heterocycles. The summed E-state index contributed by atoms with van der Waals surface area (Å²) >= 11 is 0. The maximum Gasteiger partial charge on any atom is 0.0904 e. The minimum absolute atomic E-state index is 0.498. The Morgan fingerprint density at radius 3 is 2.67 bits per heavy atom. The average Bonchev–Trinajstić information content (AvgIpc) is 2.67. The molecule has 0 unspecified atom stereocenters. The van der Waals surface area contributed by atoms with E-state index >= 15 is 0 Å². The van der Waals surface area contributed by atoms with Gasteiger partial charge in [-0.15, -0.1) is 5.10 Å². The number of benzene rings is 1. The van der Waals surface area contributed by atoms with Crippen LogP contribution >= 0.6 is 7.14 Å². The quantitative estimate of drug-likeness (QED) is 0.800. The van der Waals surface area contributed by atoms with Crippen LogP contribution in [0.15, 0.2) is 24.4 Å². The van der Waals surface area contributed by atoms with Gasteiger partial charge in [0, 0.05) is 6.16 Å². The second kappa shape index (κ2) is 4.69. The number of aryl methyl sites for hydroxylation is 2. The minimum atomic E-state index is -2.10. The first kappa shape index (κ1) is 13.0. The van der Waals surface area contributed by atoms with Gasteiger partial charge in [0.25, 0.3) is 0 Å². The Bertz CT molecular complexity index is 612. The molecule has 18 heavy (non-hydrogen) atoms. The highest BCUT2D eigenvalue weighted by Gasteiger charge is 2.12. The lowest BCUT2D eigenvalue weighted by molar-refractivity contribution is 0.581. The molecule has 1 aromatic carbocycles. The molecule has 0 saturated carbocycles. The van der Waals surface area contributed by atoms with E-state index in [9.17, 15) is 4.57 Å². The lowest BCUT2D eigenvalue weighted by atomic mass is 10.1. The van der Waals surface area contributed by atoms with Gasteiger partial charge in [0.05, 0.1) is 24.7 Å². The van der Waals surface area contributed by atoms with E-state index in [1.165, 1.54) is 5.56 Å². The normalized spacial score (nSPS) is 11.8. The maximum absolute atomic E-state index is 11.8. The fraction of sp³-hybridized carbons (Fsp3) is 0.385. The summed E-state index contributed by atoms with van der Waals surface area (Å²) in [7, 11) is -2.10. The highest BCUT2D eigenvalue weighted by Crippen LogP contribution is 2.39. The molecule has 0 saturated heterocycles. The lowest BCUT2D eigenvalue weighted by Crippen LogP contribution is -1.98. The molecule has 0 N–H and O–H groups in total. The Balaban J connectivity index is 2.35. The smallest absolute Gasteiger partial charge is 0.0904 e. The zero-order valence-corrected chi connectivity index (χ0v) is 12.1. The van der Waals surface area contributed by atoms with E-state index in [1.54, 1.807) is 18.0 Å². The van der Waals surface area contributed by atoms with Gasteiger partial charge in [0.15, 0.2) is 0 Å². The summed E-state index contributed by atoms with van der Waals surface area (Å²) in [4.78, 5) is 0. The average molecular weight is 263 g/mol. The molecule has 0 amide bonds. The molecule has 0 bridgehead atoms. The molecule has 1 aromatic heterocycles. The van der Waals surface area contributed by atoms with Crippen molar-refractivity contribution < 1.29 is 4.57 Å². The highest BCUT2D eigenvalue weighted by molar-refractivity contribution is 7.61. The first-order valence-corrected chi connectivity index (χ1v) is 8.67. The second-order valence-electron chi connectivity index (χ2n) is 5.18.